The molecule has 1 atom stereocenters. The average molecular weight is 347 g/mol. The largest absolute Gasteiger partial charge is 0.373 e. The molecule has 4 heterocycles. The summed E-state index contributed by atoms with van der Waals surface area (Å²) in [5.74, 6) is 2.43. The summed E-state index contributed by atoms with van der Waals surface area (Å²) < 4.78 is 5.91. The van der Waals surface area contributed by atoms with E-state index in [1.54, 1.807) is 0 Å². The second kappa shape index (κ2) is 7.33. The van der Waals surface area contributed by atoms with E-state index in [-0.39, 0.29) is 0 Å². The van der Waals surface area contributed by atoms with Crippen molar-refractivity contribution in [1.29, 1.82) is 0 Å². The number of ether oxygens (including phenoxy) is 1. The van der Waals surface area contributed by atoms with Gasteiger partial charge in [0.1, 0.15) is 5.82 Å². The standard InChI is InChI=1S/C18H26N4OS/c1-13-19-18(21-20-13)14-7-9-22(10-8-14)12-15-5-6-17(24-15)16-4-2-3-11-23-16/h5-6,14,16H,2-4,7-12H2,1H3,(H,19,20,21). The molecule has 2 aliphatic heterocycles. The number of hydrogen-bond donors (Lipinski definition) is 1. The first-order valence-electron chi connectivity index (χ1n) is 9.09. The fourth-order valence-corrected chi connectivity index (χ4v) is 4.87. The van der Waals surface area contributed by atoms with Crippen LogP contribution >= 0.6 is 11.3 Å². The second-order valence-electron chi connectivity index (χ2n) is 6.99. The van der Waals surface area contributed by atoms with Crippen molar-refractivity contribution < 1.29 is 4.74 Å². The highest BCUT2D eigenvalue weighted by Crippen LogP contribution is 2.34. The number of rotatable bonds is 4. The van der Waals surface area contributed by atoms with E-state index in [1.165, 1.54) is 29.0 Å². The van der Waals surface area contributed by atoms with Crippen LogP contribution in [0.1, 0.15) is 65.5 Å². The Bertz CT molecular complexity index is 654. The molecule has 6 heteroatoms. The molecular weight excluding hydrogens is 320 g/mol. The Kier molecular flexibility index (Phi) is 4.96. The zero-order valence-corrected chi connectivity index (χ0v) is 15.1. The molecule has 5 nitrogen and oxygen atoms in total. The van der Waals surface area contributed by atoms with Crippen LogP contribution in [0.3, 0.4) is 0 Å². The molecule has 0 saturated carbocycles. The van der Waals surface area contributed by atoms with Gasteiger partial charge in [0.2, 0.25) is 0 Å². The van der Waals surface area contributed by atoms with Crippen LogP contribution in [-0.4, -0.2) is 39.8 Å². The summed E-state index contributed by atoms with van der Waals surface area (Å²) >= 11 is 1.94. The predicted molar refractivity (Wildman–Crippen MR) is 95.2 cm³/mol. The van der Waals surface area contributed by atoms with Gasteiger partial charge in [-0.2, -0.15) is 5.10 Å². The average Bonchev–Trinajstić information content (AvgIpc) is 3.26. The summed E-state index contributed by atoms with van der Waals surface area (Å²) in [4.78, 5) is 9.94. The highest BCUT2D eigenvalue weighted by atomic mass is 32.1. The molecule has 0 radical (unpaired) electrons. The molecule has 24 heavy (non-hydrogen) atoms. The summed E-state index contributed by atoms with van der Waals surface area (Å²) in [6, 6.07) is 4.57. The summed E-state index contributed by atoms with van der Waals surface area (Å²) in [5, 5.41) is 7.30. The molecule has 1 N–H and O–H groups in total. The Morgan fingerprint density at radius 3 is 2.83 bits per heavy atom. The molecular formula is C18H26N4OS. The smallest absolute Gasteiger partial charge is 0.153 e. The van der Waals surface area contributed by atoms with E-state index >= 15 is 0 Å². The minimum atomic E-state index is 0.345. The van der Waals surface area contributed by atoms with Crippen molar-refractivity contribution in [3.8, 4) is 0 Å². The molecule has 0 amide bonds. The molecule has 2 aliphatic rings. The van der Waals surface area contributed by atoms with Gasteiger partial charge >= 0.3 is 0 Å². The van der Waals surface area contributed by atoms with Gasteiger partial charge in [-0.15, -0.1) is 11.3 Å². The van der Waals surface area contributed by atoms with Crippen LogP contribution in [0.5, 0.6) is 0 Å². The van der Waals surface area contributed by atoms with Gasteiger partial charge in [0, 0.05) is 28.8 Å². The molecule has 2 aromatic heterocycles. The van der Waals surface area contributed by atoms with E-state index < -0.39 is 0 Å². The molecule has 2 fully saturated rings. The van der Waals surface area contributed by atoms with Crippen molar-refractivity contribution in [2.75, 3.05) is 19.7 Å². The third-order valence-electron chi connectivity index (χ3n) is 5.13. The molecule has 0 aliphatic carbocycles. The maximum absolute atomic E-state index is 5.91. The SMILES string of the molecule is Cc1nc(C2CCN(Cc3ccc(C4CCCCO4)s3)CC2)n[nH]1. The monoisotopic (exact) mass is 346 g/mol. The van der Waals surface area contributed by atoms with E-state index in [0.29, 0.717) is 12.0 Å². The lowest BCUT2D eigenvalue weighted by atomic mass is 9.96. The zero-order chi connectivity index (χ0) is 16.4. The fraction of sp³-hybridized carbons (Fsp3) is 0.667. The van der Waals surface area contributed by atoms with Gasteiger partial charge in [0.05, 0.1) is 6.10 Å². The summed E-state index contributed by atoms with van der Waals surface area (Å²) in [5.41, 5.74) is 0. The summed E-state index contributed by atoms with van der Waals surface area (Å²) in [6.45, 7) is 6.22. The number of thiophene rings is 1. The van der Waals surface area contributed by atoms with Crippen LogP contribution in [0.25, 0.3) is 0 Å². The predicted octanol–water partition coefficient (Wildman–Crippen LogP) is 3.80. The quantitative estimate of drug-likeness (QED) is 0.915. The van der Waals surface area contributed by atoms with Gasteiger partial charge in [0.15, 0.2) is 5.82 Å². The first-order chi connectivity index (χ1) is 11.8. The third kappa shape index (κ3) is 3.71. The first kappa shape index (κ1) is 16.2. The van der Waals surface area contributed by atoms with E-state index in [4.69, 9.17) is 4.74 Å². The molecule has 2 saturated heterocycles. The van der Waals surface area contributed by atoms with Gasteiger partial charge in [0.25, 0.3) is 0 Å². The van der Waals surface area contributed by atoms with Crippen molar-refractivity contribution in [3.05, 3.63) is 33.5 Å². The van der Waals surface area contributed by atoms with Crippen LogP contribution in [0.15, 0.2) is 12.1 Å². The van der Waals surface area contributed by atoms with Crippen molar-refractivity contribution in [2.45, 2.75) is 57.6 Å². The van der Waals surface area contributed by atoms with Crippen molar-refractivity contribution in [2.24, 2.45) is 0 Å². The normalized spacial score (nSPS) is 23.6. The zero-order valence-electron chi connectivity index (χ0n) is 14.3. The fourth-order valence-electron chi connectivity index (χ4n) is 3.73. The molecule has 1 unspecified atom stereocenters. The van der Waals surface area contributed by atoms with Gasteiger partial charge in [-0.3, -0.25) is 10.00 Å². The number of aromatic amines is 1. The summed E-state index contributed by atoms with van der Waals surface area (Å²) in [6.07, 6.45) is 6.35. The molecule has 0 aromatic carbocycles. The Hall–Kier alpha value is -1.24. The van der Waals surface area contributed by atoms with Crippen molar-refractivity contribution in [1.82, 2.24) is 20.1 Å². The third-order valence-corrected chi connectivity index (χ3v) is 6.29. The number of likely N-dealkylation sites (tertiary alicyclic amines) is 1. The highest BCUT2D eigenvalue weighted by Gasteiger charge is 2.24. The number of aryl methyl sites for hydroxylation is 1. The number of aromatic nitrogens is 3. The molecule has 4 rings (SSSR count). The van der Waals surface area contributed by atoms with Gasteiger partial charge in [-0.1, -0.05) is 0 Å². The Morgan fingerprint density at radius 2 is 2.12 bits per heavy atom. The lowest BCUT2D eigenvalue weighted by molar-refractivity contribution is 0.0172. The minimum Gasteiger partial charge on any atom is -0.373 e. The second-order valence-corrected chi connectivity index (χ2v) is 8.19. The van der Waals surface area contributed by atoms with Crippen LogP contribution < -0.4 is 0 Å². The number of nitrogens with one attached hydrogen (secondary N) is 1. The Labute approximate surface area is 147 Å². The number of H-pyrrole nitrogens is 1. The maximum atomic E-state index is 5.91. The van der Waals surface area contributed by atoms with E-state index in [0.717, 1.165) is 50.7 Å². The molecule has 130 valence electrons. The number of hydrogen-bond acceptors (Lipinski definition) is 5. The van der Waals surface area contributed by atoms with Crippen LogP contribution in [-0.2, 0) is 11.3 Å². The molecule has 2 aromatic rings. The van der Waals surface area contributed by atoms with Crippen LogP contribution in [0, 0.1) is 6.92 Å². The van der Waals surface area contributed by atoms with E-state index in [2.05, 4.69) is 32.2 Å². The topological polar surface area (TPSA) is 54.0 Å². The summed E-state index contributed by atoms with van der Waals surface area (Å²) in [7, 11) is 0. The Balaban J connectivity index is 1.30. The van der Waals surface area contributed by atoms with E-state index in [9.17, 15) is 0 Å². The lowest BCUT2D eigenvalue weighted by Gasteiger charge is -2.30. The molecule has 0 spiro atoms. The van der Waals surface area contributed by atoms with Crippen LogP contribution in [0.2, 0.25) is 0 Å². The van der Waals surface area contributed by atoms with Crippen LogP contribution in [0.4, 0.5) is 0 Å². The molecule has 0 bridgehead atoms. The highest BCUT2D eigenvalue weighted by molar-refractivity contribution is 7.12. The maximum Gasteiger partial charge on any atom is 0.153 e. The number of nitrogens with zero attached hydrogens (tertiary/aromatic N) is 3. The minimum absolute atomic E-state index is 0.345. The van der Waals surface area contributed by atoms with E-state index in [1.807, 2.05) is 18.3 Å². The lowest BCUT2D eigenvalue weighted by Crippen LogP contribution is -2.32. The van der Waals surface area contributed by atoms with Crippen molar-refractivity contribution in [3.63, 3.8) is 0 Å². The number of piperidine rings is 1. The van der Waals surface area contributed by atoms with Gasteiger partial charge in [-0.05, 0) is 64.3 Å². The van der Waals surface area contributed by atoms with Gasteiger partial charge < -0.3 is 4.74 Å². The Morgan fingerprint density at radius 1 is 1.25 bits per heavy atom. The van der Waals surface area contributed by atoms with Gasteiger partial charge in [-0.25, -0.2) is 4.98 Å². The van der Waals surface area contributed by atoms with Crippen molar-refractivity contribution >= 4 is 11.3 Å². The first-order valence-corrected chi connectivity index (χ1v) is 9.91.